The van der Waals surface area contributed by atoms with E-state index in [4.69, 9.17) is 0 Å². The summed E-state index contributed by atoms with van der Waals surface area (Å²) < 4.78 is 0. The summed E-state index contributed by atoms with van der Waals surface area (Å²) >= 11 is 0. The molecule has 0 atom stereocenters. The van der Waals surface area contributed by atoms with Crippen LogP contribution in [0.3, 0.4) is 0 Å². The lowest BCUT2D eigenvalue weighted by Crippen LogP contribution is -2.59. The molecule has 1 saturated heterocycles. The second kappa shape index (κ2) is 6.91. The van der Waals surface area contributed by atoms with Crippen LogP contribution in [0.2, 0.25) is 0 Å². The summed E-state index contributed by atoms with van der Waals surface area (Å²) in [4.78, 5) is 5.12. The Morgan fingerprint density at radius 3 is 2.19 bits per heavy atom. The van der Waals surface area contributed by atoms with E-state index in [1.165, 1.54) is 37.7 Å². The minimum Gasteiger partial charge on any atom is -0.394 e. The molecule has 3 nitrogen and oxygen atoms in total. The lowest BCUT2D eigenvalue weighted by atomic mass is 9.80. The van der Waals surface area contributed by atoms with Crippen molar-refractivity contribution < 1.29 is 5.11 Å². The molecule has 21 heavy (non-hydrogen) atoms. The average Bonchev–Trinajstić information content (AvgIpc) is 2.57. The molecule has 0 spiro atoms. The first kappa shape index (κ1) is 15.0. The number of benzene rings is 1. The van der Waals surface area contributed by atoms with Crippen molar-refractivity contribution in [3.63, 3.8) is 0 Å². The fraction of sp³-hybridized carbons (Fsp3) is 0.667. The molecule has 1 aliphatic heterocycles. The van der Waals surface area contributed by atoms with E-state index in [1.54, 1.807) is 0 Å². The van der Waals surface area contributed by atoms with Gasteiger partial charge in [0.05, 0.1) is 6.61 Å². The van der Waals surface area contributed by atoms with E-state index in [2.05, 4.69) is 40.1 Å². The molecule has 0 aromatic heterocycles. The van der Waals surface area contributed by atoms with Gasteiger partial charge in [-0.05, 0) is 18.4 Å². The minimum absolute atomic E-state index is 0.0943. The standard InChI is InChI=1S/C18H28N2O/c21-16-18(9-5-2-6-10-18)20-13-11-19(12-14-20)15-17-7-3-1-4-8-17/h1,3-4,7-8,21H,2,5-6,9-16H2. The van der Waals surface area contributed by atoms with Crippen LogP contribution >= 0.6 is 0 Å². The van der Waals surface area contributed by atoms with Crippen molar-refractivity contribution in [1.29, 1.82) is 0 Å². The first-order valence-corrected chi connectivity index (χ1v) is 8.45. The van der Waals surface area contributed by atoms with Gasteiger partial charge in [-0.15, -0.1) is 0 Å². The highest BCUT2D eigenvalue weighted by Gasteiger charge is 2.38. The number of piperazine rings is 1. The van der Waals surface area contributed by atoms with Crippen LogP contribution in [-0.2, 0) is 6.54 Å². The third-order valence-corrected chi connectivity index (χ3v) is 5.37. The van der Waals surface area contributed by atoms with Gasteiger partial charge in [0, 0.05) is 38.3 Å². The molecule has 1 aromatic rings. The van der Waals surface area contributed by atoms with Gasteiger partial charge in [-0.3, -0.25) is 9.80 Å². The number of hydrogen-bond acceptors (Lipinski definition) is 3. The summed E-state index contributed by atoms with van der Waals surface area (Å²) in [6.45, 7) is 5.85. The van der Waals surface area contributed by atoms with Crippen LogP contribution in [0.5, 0.6) is 0 Å². The lowest BCUT2D eigenvalue weighted by Gasteiger charge is -2.49. The zero-order valence-corrected chi connectivity index (χ0v) is 13.0. The summed E-state index contributed by atoms with van der Waals surface area (Å²) in [6, 6.07) is 10.7. The lowest BCUT2D eigenvalue weighted by molar-refractivity contribution is -0.0284. The van der Waals surface area contributed by atoms with Gasteiger partial charge in [0.15, 0.2) is 0 Å². The Labute approximate surface area is 128 Å². The third kappa shape index (κ3) is 3.47. The van der Waals surface area contributed by atoms with Crippen molar-refractivity contribution in [3.05, 3.63) is 35.9 Å². The Kier molecular flexibility index (Phi) is 4.94. The zero-order chi connectivity index (χ0) is 14.5. The second-order valence-electron chi connectivity index (χ2n) is 6.69. The molecule has 0 radical (unpaired) electrons. The summed E-state index contributed by atoms with van der Waals surface area (Å²) in [5.74, 6) is 0. The van der Waals surface area contributed by atoms with Crippen molar-refractivity contribution in [2.24, 2.45) is 0 Å². The molecule has 1 N–H and O–H groups in total. The summed E-state index contributed by atoms with van der Waals surface area (Å²) in [6.07, 6.45) is 6.27. The van der Waals surface area contributed by atoms with Crippen molar-refractivity contribution in [3.8, 4) is 0 Å². The Balaban J connectivity index is 1.54. The van der Waals surface area contributed by atoms with E-state index in [0.29, 0.717) is 6.61 Å². The van der Waals surface area contributed by atoms with E-state index < -0.39 is 0 Å². The summed E-state index contributed by atoms with van der Waals surface area (Å²) in [5, 5.41) is 9.94. The molecule has 1 heterocycles. The number of aliphatic hydroxyl groups excluding tert-OH is 1. The van der Waals surface area contributed by atoms with E-state index in [9.17, 15) is 5.11 Å². The molecule has 0 unspecified atom stereocenters. The predicted molar refractivity (Wildman–Crippen MR) is 86.2 cm³/mol. The molecule has 1 aromatic carbocycles. The topological polar surface area (TPSA) is 26.7 Å². The van der Waals surface area contributed by atoms with Crippen molar-refractivity contribution in [1.82, 2.24) is 9.80 Å². The smallest absolute Gasteiger partial charge is 0.0615 e. The molecule has 1 aliphatic carbocycles. The highest BCUT2D eigenvalue weighted by Crippen LogP contribution is 2.34. The van der Waals surface area contributed by atoms with Crippen LogP contribution in [-0.4, -0.2) is 53.2 Å². The van der Waals surface area contributed by atoms with Crippen LogP contribution in [0.15, 0.2) is 30.3 Å². The van der Waals surface area contributed by atoms with Gasteiger partial charge in [-0.25, -0.2) is 0 Å². The van der Waals surface area contributed by atoms with Gasteiger partial charge in [0.2, 0.25) is 0 Å². The molecule has 0 amide bonds. The maximum atomic E-state index is 9.94. The molecule has 3 rings (SSSR count). The van der Waals surface area contributed by atoms with E-state index in [-0.39, 0.29) is 5.54 Å². The highest BCUT2D eigenvalue weighted by atomic mass is 16.3. The number of nitrogens with zero attached hydrogens (tertiary/aromatic N) is 2. The molecular weight excluding hydrogens is 260 g/mol. The number of rotatable bonds is 4. The van der Waals surface area contributed by atoms with E-state index in [0.717, 1.165) is 32.7 Å². The Hall–Kier alpha value is -0.900. The van der Waals surface area contributed by atoms with Crippen molar-refractivity contribution >= 4 is 0 Å². The zero-order valence-electron chi connectivity index (χ0n) is 13.0. The van der Waals surface area contributed by atoms with Gasteiger partial charge in [0.1, 0.15) is 0 Å². The van der Waals surface area contributed by atoms with Crippen LogP contribution in [0, 0.1) is 0 Å². The molecule has 0 bridgehead atoms. The molecule has 2 aliphatic rings. The van der Waals surface area contributed by atoms with Gasteiger partial charge in [-0.1, -0.05) is 49.6 Å². The Morgan fingerprint density at radius 1 is 0.905 bits per heavy atom. The van der Waals surface area contributed by atoms with Gasteiger partial charge in [-0.2, -0.15) is 0 Å². The second-order valence-corrected chi connectivity index (χ2v) is 6.69. The number of aliphatic hydroxyl groups is 1. The maximum Gasteiger partial charge on any atom is 0.0615 e. The predicted octanol–water partition coefficient (Wildman–Crippen LogP) is 2.50. The quantitative estimate of drug-likeness (QED) is 0.922. The normalized spacial score (nSPS) is 24.0. The van der Waals surface area contributed by atoms with Gasteiger partial charge < -0.3 is 5.11 Å². The summed E-state index contributed by atoms with van der Waals surface area (Å²) in [7, 11) is 0. The van der Waals surface area contributed by atoms with Crippen LogP contribution in [0.1, 0.15) is 37.7 Å². The average molecular weight is 288 g/mol. The van der Waals surface area contributed by atoms with E-state index >= 15 is 0 Å². The molecular formula is C18H28N2O. The monoisotopic (exact) mass is 288 g/mol. The Bertz CT molecular complexity index is 420. The van der Waals surface area contributed by atoms with Gasteiger partial charge >= 0.3 is 0 Å². The largest absolute Gasteiger partial charge is 0.394 e. The minimum atomic E-state index is 0.0943. The van der Waals surface area contributed by atoms with Crippen LogP contribution < -0.4 is 0 Å². The fourth-order valence-corrected chi connectivity index (χ4v) is 4.01. The molecule has 2 fully saturated rings. The van der Waals surface area contributed by atoms with Crippen LogP contribution in [0.25, 0.3) is 0 Å². The third-order valence-electron chi connectivity index (χ3n) is 5.37. The number of hydrogen-bond donors (Lipinski definition) is 1. The molecule has 1 saturated carbocycles. The van der Waals surface area contributed by atoms with Crippen molar-refractivity contribution in [2.45, 2.75) is 44.2 Å². The first-order valence-electron chi connectivity index (χ1n) is 8.45. The van der Waals surface area contributed by atoms with Crippen molar-refractivity contribution in [2.75, 3.05) is 32.8 Å². The molecule has 116 valence electrons. The van der Waals surface area contributed by atoms with E-state index in [1.807, 2.05) is 0 Å². The maximum absolute atomic E-state index is 9.94. The van der Waals surface area contributed by atoms with Gasteiger partial charge in [0.25, 0.3) is 0 Å². The fourth-order valence-electron chi connectivity index (χ4n) is 4.01. The highest BCUT2D eigenvalue weighted by molar-refractivity contribution is 5.14. The first-order chi connectivity index (χ1) is 10.3. The molecule has 3 heteroatoms. The summed E-state index contributed by atoms with van der Waals surface area (Å²) in [5.41, 5.74) is 1.50. The van der Waals surface area contributed by atoms with Crippen LogP contribution in [0.4, 0.5) is 0 Å². The Morgan fingerprint density at radius 2 is 1.57 bits per heavy atom. The SMILES string of the molecule is OCC1(N2CCN(Cc3ccccc3)CC2)CCCCC1.